The molecule has 0 saturated carbocycles. The minimum absolute atomic E-state index is 0.00920. The smallest absolute Gasteiger partial charge is 0.261 e. The molecule has 0 amide bonds. The topological polar surface area (TPSA) is 107 Å². The molecule has 2 aromatic carbocycles. The largest absolute Gasteiger partial charge is 0.497 e. The molecule has 0 saturated heterocycles. The number of rotatable bonds is 7. The summed E-state index contributed by atoms with van der Waals surface area (Å²) in [6.07, 6.45) is 4.46. The minimum Gasteiger partial charge on any atom is -0.497 e. The van der Waals surface area contributed by atoms with E-state index in [0.717, 1.165) is 6.26 Å². The van der Waals surface area contributed by atoms with Gasteiger partial charge >= 0.3 is 0 Å². The van der Waals surface area contributed by atoms with Gasteiger partial charge in [0.05, 0.1) is 28.8 Å². The number of methoxy groups -OCH3 is 1. The van der Waals surface area contributed by atoms with Crippen LogP contribution in [0.3, 0.4) is 0 Å². The van der Waals surface area contributed by atoms with Gasteiger partial charge in [-0.2, -0.15) is 5.10 Å². The van der Waals surface area contributed by atoms with Crippen molar-refractivity contribution >= 4 is 25.5 Å². The Morgan fingerprint density at radius 1 is 1.00 bits per heavy atom. The molecule has 1 heterocycles. The molecule has 3 aromatic rings. The highest BCUT2D eigenvalue weighted by Crippen LogP contribution is 2.32. The lowest BCUT2D eigenvalue weighted by Gasteiger charge is -2.14. The number of benzene rings is 2. The molecular formula is C20H23N3O5S2. The van der Waals surface area contributed by atoms with Crippen molar-refractivity contribution < 1.29 is 21.6 Å². The second kappa shape index (κ2) is 8.11. The second-order valence-electron chi connectivity index (χ2n) is 7.06. The van der Waals surface area contributed by atoms with Gasteiger partial charge in [0.25, 0.3) is 10.0 Å². The first kappa shape index (κ1) is 21.8. The molecule has 1 aromatic heterocycles. The summed E-state index contributed by atoms with van der Waals surface area (Å²) >= 11 is 0. The lowest BCUT2D eigenvalue weighted by molar-refractivity contribution is 0.414. The van der Waals surface area contributed by atoms with E-state index >= 15 is 0 Å². The van der Waals surface area contributed by atoms with Crippen molar-refractivity contribution in [2.24, 2.45) is 0 Å². The molecule has 1 N–H and O–H groups in total. The molecular weight excluding hydrogens is 426 g/mol. The van der Waals surface area contributed by atoms with Gasteiger partial charge in [0.1, 0.15) is 5.75 Å². The molecule has 10 heteroatoms. The fourth-order valence-corrected chi connectivity index (χ4v) is 4.53. The maximum Gasteiger partial charge on any atom is 0.261 e. The first-order valence-corrected chi connectivity index (χ1v) is 12.4. The predicted molar refractivity (Wildman–Crippen MR) is 115 cm³/mol. The van der Waals surface area contributed by atoms with Crippen molar-refractivity contribution in [3.05, 3.63) is 54.9 Å². The molecule has 0 unspecified atom stereocenters. The summed E-state index contributed by atoms with van der Waals surface area (Å²) in [5.74, 6) is 0.523. The van der Waals surface area contributed by atoms with Crippen LogP contribution in [0.4, 0.5) is 5.69 Å². The number of aromatic nitrogens is 2. The van der Waals surface area contributed by atoms with Crippen molar-refractivity contribution in [1.82, 2.24) is 9.78 Å². The number of hydrogen-bond donors (Lipinski definition) is 1. The second-order valence-corrected chi connectivity index (χ2v) is 10.8. The zero-order valence-corrected chi connectivity index (χ0v) is 18.7. The first-order valence-electron chi connectivity index (χ1n) is 9.07. The molecule has 160 valence electrons. The van der Waals surface area contributed by atoms with Crippen molar-refractivity contribution in [2.45, 2.75) is 29.7 Å². The van der Waals surface area contributed by atoms with Crippen molar-refractivity contribution in [3.63, 3.8) is 0 Å². The number of nitrogens with zero attached hydrogens (tertiary/aromatic N) is 2. The van der Waals surface area contributed by atoms with Crippen LogP contribution in [0.2, 0.25) is 0 Å². The predicted octanol–water partition coefficient (Wildman–Crippen LogP) is 3.34. The highest BCUT2D eigenvalue weighted by atomic mass is 32.2. The molecule has 0 aliphatic carbocycles. The van der Waals surface area contributed by atoms with Gasteiger partial charge in [-0.15, -0.1) is 0 Å². The van der Waals surface area contributed by atoms with Crippen LogP contribution in [0.15, 0.2) is 64.6 Å². The van der Waals surface area contributed by atoms with Crippen LogP contribution in [0.25, 0.3) is 11.1 Å². The van der Waals surface area contributed by atoms with E-state index in [9.17, 15) is 16.8 Å². The molecule has 3 rings (SSSR count). The third-order valence-corrected chi connectivity index (χ3v) is 6.97. The van der Waals surface area contributed by atoms with Gasteiger partial charge in [-0.3, -0.25) is 9.40 Å². The maximum absolute atomic E-state index is 12.9. The molecule has 0 spiro atoms. The summed E-state index contributed by atoms with van der Waals surface area (Å²) < 4.78 is 59.2. The van der Waals surface area contributed by atoms with Crippen LogP contribution >= 0.6 is 0 Å². The van der Waals surface area contributed by atoms with Crippen LogP contribution < -0.4 is 9.46 Å². The molecule has 0 aliphatic heterocycles. The highest BCUT2D eigenvalue weighted by Gasteiger charge is 2.20. The summed E-state index contributed by atoms with van der Waals surface area (Å²) in [4.78, 5) is 0.0341. The van der Waals surface area contributed by atoms with E-state index < -0.39 is 19.9 Å². The fourth-order valence-electron chi connectivity index (χ4n) is 2.81. The zero-order chi connectivity index (χ0) is 22.1. The Morgan fingerprint density at radius 2 is 1.63 bits per heavy atom. The zero-order valence-electron chi connectivity index (χ0n) is 17.0. The molecule has 0 atom stereocenters. The Morgan fingerprint density at radius 3 is 2.17 bits per heavy atom. The molecule has 0 aliphatic rings. The number of ether oxygens (including phenoxy) is 1. The van der Waals surface area contributed by atoms with Crippen LogP contribution in [0, 0.1) is 0 Å². The van der Waals surface area contributed by atoms with Crippen molar-refractivity contribution in [3.8, 4) is 16.9 Å². The summed E-state index contributed by atoms with van der Waals surface area (Å²) in [5, 5.41) is 4.29. The maximum atomic E-state index is 12.9. The number of hydrogen-bond acceptors (Lipinski definition) is 6. The molecule has 0 bridgehead atoms. The van der Waals surface area contributed by atoms with Crippen molar-refractivity contribution in [1.29, 1.82) is 0 Å². The first-order chi connectivity index (χ1) is 14.0. The van der Waals surface area contributed by atoms with Crippen LogP contribution in [-0.2, 0) is 19.9 Å². The van der Waals surface area contributed by atoms with E-state index in [2.05, 4.69) is 9.82 Å². The van der Waals surface area contributed by atoms with Gasteiger partial charge in [-0.25, -0.2) is 16.8 Å². The van der Waals surface area contributed by atoms with Gasteiger partial charge in [-0.05, 0) is 50.2 Å². The summed E-state index contributed by atoms with van der Waals surface area (Å²) in [7, 11) is -6.01. The number of sulfone groups is 1. The van der Waals surface area contributed by atoms with Crippen molar-refractivity contribution in [2.75, 3.05) is 18.1 Å². The summed E-state index contributed by atoms with van der Waals surface area (Å²) in [6.45, 7) is 3.94. The molecule has 0 fully saturated rings. The molecule has 8 nitrogen and oxygen atoms in total. The summed E-state index contributed by atoms with van der Waals surface area (Å²) in [5.41, 5.74) is 1.33. The van der Waals surface area contributed by atoms with Gasteiger partial charge in [0.15, 0.2) is 9.84 Å². The Labute approximate surface area is 176 Å². The number of nitrogens with one attached hydrogen (secondary N) is 1. The quantitative estimate of drug-likeness (QED) is 0.593. The fraction of sp³-hybridized carbons (Fsp3) is 0.250. The Hall–Kier alpha value is -2.85. The third-order valence-electron chi connectivity index (χ3n) is 4.47. The monoisotopic (exact) mass is 449 g/mol. The van der Waals surface area contributed by atoms with Crippen LogP contribution in [-0.4, -0.2) is 40.0 Å². The highest BCUT2D eigenvalue weighted by molar-refractivity contribution is 7.92. The number of anilines is 1. The van der Waals surface area contributed by atoms with Crippen LogP contribution in [0.5, 0.6) is 5.75 Å². The Kier molecular flexibility index (Phi) is 5.91. The van der Waals surface area contributed by atoms with E-state index in [1.165, 1.54) is 43.5 Å². The van der Waals surface area contributed by atoms with Gasteiger partial charge in [0.2, 0.25) is 0 Å². The van der Waals surface area contributed by atoms with E-state index in [1.54, 1.807) is 23.1 Å². The van der Waals surface area contributed by atoms with Gasteiger partial charge < -0.3 is 4.74 Å². The van der Waals surface area contributed by atoms with Gasteiger partial charge in [0, 0.05) is 29.6 Å². The lowest BCUT2D eigenvalue weighted by atomic mass is 10.1. The third kappa shape index (κ3) is 4.65. The lowest BCUT2D eigenvalue weighted by Crippen LogP contribution is -2.14. The SMILES string of the molecule is COc1ccc(S(=O)(=O)Nc2cc(S(C)(=O)=O)ccc2-c2cnn(C(C)C)c2)cc1. The van der Waals surface area contributed by atoms with E-state index in [-0.39, 0.29) is 21.5 Å². The average molecular weight is 450 g/mol. The van der Waals surface area contributed by atoms with E-state index in [1.807, 2.05) is 13.8 Å². The number of sulfonamides is 1. The van der Waals surface area contributed by atoms with Crippen LogP contribution in [0.1, 0.15) is 19.9 Å². The normalized spacial score (nSPS) is 12.2. The summed E-state index contributed by atoms with van der Waals surface area (Å²) in [6, 6.07) is 10.4. The Bertz CT molecular complexity index is 1260. The molecule has 0 radical (unpaired) electrons. The molecule has 30 heavy (non-hydrogen) atoms. The van der Waals surface area contributed by atoms with E-state index in [4.69, 9.17) is 4.74 Å². The average Bonchev–Trinajstić information content (AvgIpc) is 3.17. The minimum atomic E-state index is -3.97. The Balaban J connectivity index is 2.09. The standard InChI is InChI=1S/C20H23N3O5S2/c1-14(2)23-13-15(12-21-23)19-10-9-18(29(4,24)25)11-20(19)22-30(26,27)17-7-5-16(28-3)6-8-17/h5-14,22H,1-4H3. The van der Waals surface area contributed by atoms with Gasteiger partial charge in [-0.1, -0.05) is 6.07 Å². The van der Waals surface area contributed by atoms with E-state index in [0.29, 0.717) is 16.9 Å².